The zero-order valence-corrected chi connectivity index (χ0v) is 18.2. The number of halogens is 2. The van der Waals surface area contributed by atoms with Gasteiger partial charge in [-0.05, 0) is 87.8 Å². The summed E-state index contributed by atoms with van der Waals surface area (Å²) in [7, 11) is 0. The van der Waals surface area contributed by atoms with E-state index in [1.807, 2.05) is 0 Å². The van der Waals surface area contributed by atoms with E-state index < -0.39 is 0 Å². The first-order chi connectivity index (χ1) is 13.7. The van der Waals surface area contributed by atoms with Gasteiger partial charge in [0.2, 0.25) is 0 Å². The highest BCUT2D eigenvalue weighted by Gasteiger charge is 2.13. The average Bonchev–Trinajstić information content (AvgIpc) is 2.78. The molecule has 5 aromatic carbocycles. The summed E-state index contributed by atoms with van der Waals surface area (Å²) in [5.74, 6) is 0. The largest absolute Gasteiger partial charge is 0.0622 e. The number of hydrogen-bond donors (Lipinski definition) is 0. The van der Waals surface area contributed by atoms with E-state index in [0.29, 0.717) is 0 Å². The summed E-state index contributed by atoms with van der Waals surface area (Å²) in [5.41, 5.74) is 4.90. The Hall–Kier alpha value is -2.42. The molecule has 28 heavy (non-hydrogen) atoms. The van der Waals surface area contributed by atoms with Crippen molar-refractivity contribution in [2.45, 2.75) is 0 Å². The third kappa shape index (κ3) is 2.97. The van der Waals surface area contributed by atoms with Crippen molar-refractivity contribution in [2.75, 3.05) is 0 Å². The molecule has 0 N–H and O–H groups in total. The molecular weight excluding hydrogens is 472 g/mol. The zero-order chi connectivity index (χ0) is 19.1. The van der Waals surface area contributed by atoms with E-state index in [2.05, 4.69) is 129 Å². The molecule has 0 fully saturated rings. The van der Waals surface area contributed by atoms with E-state index in [1.54, 1.807) is 0 Å². The Morgan fingerprint density at radius 2 is 0.750 bits per heavy atom. The summed E-state index contributed by atoms with van der Waals surface area (Å²) in [6.07, 6.45) is 0. The van der Waals surface area contributed by atoms with Gasteiger partial charge in [-0.2, -0.15) is 0 Å². The fourth-order valence-corrected chi connectivity index (χ4v) is 5.09. The molecule has 0 saturated carbocycles. The molecular formula is C26H16Br2. The lowest BCUT2D eigenvalue weighted by Gasteiger charge is -2.13. The summed E-state index contributed by atoms with van der Waals surface area (Å²) in [6, 6.07) is 34.4. The topological polar surface area (TPSA) is 0 Å². The van der Waals surface area contributed by atoms with Crippen molar-refractivity contribution < 1.29 is 0 Å². The Morgan fingerprint density at radius 3 is 1.14 bits per heavy atom. The van der Waals surface area contributed by atoms with Crippen molar-refractivity contribution >= 4 is 53.4 Å². The summed E-state index contributed by atoms with van der Waals surface area (Å²) >= 11 is 7.77. The molecule has 0 bridgehead atoms. The van der Waals surface area contributed by atoms with Crippen LogP contribution in [0.5, 0.6) is 0 Å². The molecule has 0 saturated heterocycles. The van der Waals surface area contributed by atoms with Crippen molar-refractivity contribution in [3.05, 3.63) is 106 Å². The van der Waals surface area contributed by atoms with Crippen LogP contribution in [0, 0.1) is 0 Å². The Morgan fingerprint density at radius 1 is 0.357 bits per heavy atom. The van der Waals surface area contributed by atoms with Gasteiger partial charge in [-0.1, -0.05) is 84.9 Å². The minimum Gasteiger partial charge on any atom is -0.0622 e. The molecule has 0 heterocycles. The Balaban J connectivity index is 1.76. The van der Waals surface area contributed by atoms with Gasteiger partial charge in [0.1, 0.15) is 0 Å². The molecule has 0 unspecified atom stereocenters. The summed E-state index contributed by atoms with van der Waals surface area (Å²) < 4.78 is 2.27. The van der Waals surface area contributed by atoms with Crippen LogP contribution < -0.4 is 0 Å². The molecule has 0 aromatic heterocycles. The number of fused-ring (bicyclic) bond motifs is 2. The van der Waals surface area contributed by atoms with Crippen molar-refractivity contribution in [3.8, 4) is 22.3 Å². The minimum atomic E-state index is 1.14. The van der Waals surface area contributed by atoms with E-state index in [1.165, 1.54) is 43.8 Å². The first-order valence-corrected chi connectivity index (χ1v) is 10.8. The smallest absolute Gasteiger partial charge is 0.0333 e. The van der Waals surface area contributed by atoms with Crippen molar-refractivity contribution in [2.24, 2.45) is 0 Å². The Bertz CT molecular complexity index is 1200. The SMILES string of the molecule is Brc1c2ccc(-c3ccccc3)cc2c(Br)c2ccc(-c3ccccc3)cc12. The van der Waals surface area contributed by atoms with Gasteiger partial charge in [-0.15, -0.1) is 0 Å². The lowest BCUT2D eigenvalue weighted by molar-refractivity contribution is 1.63. The average molecular weight is 488 g/mol. The quantitative estimate of drug-likeness (QED) is 0.218. The summed E-state index contributed by atoms with van der Waals surface area (Å²) in [6.45, 7) is 0. The fourth-order valence-electron chi connectivity index (χ4n) is 3.74. The molecule has 0 radical (unpaired) electrons. The van der Waals surface area contributed by atoms with Gasteiger partial charge >= 0.3 is 0 Å². The molecule has 0 atom stereocenters. The first-order valence-electron chi connectivity index (χ1n) is 9.18. The van der Waals surface area contributed by atoms with Crippen LogP contribution in [0.4, 0.5) is 0 Å². The van der Waals surface area contributed by atoms with Gasteiger partial charge in [-0.25, -0.2) is 0 Å². The number of hydrogen-bond acceptors (Lipinski definition) is 0. The maximum Gasteiger partial charge on any atom is 0.0333 e. The van der Waals surface area contributed by atoms with Crippen LogP contribution in [0.25, 0.3) is 43.8 Å². The minimum absolute atomic E-state index is 1.14. The third-order valence-corrected chi connectivity index (χ3v) is 6.91. The predicted molar refractivity (Wildman–Crippen MR) is 128 cm³/mol. The van der Waals surface area contributed by atoms with Crippen LogP contribution in [-0.4, -0.2) is 0 Å². The van der Waals surface area contributed by atoms with E-state index in [-0.39, 0.29) is 0 Å². The Labute approximate surface area is 181 Å². The van der Waals surface area contributed by atoms with E-state index in [9.17, 15) is 0 Å². The monoisotopic (exact) mass is 486 g/mol. The second kappa shape index (κ2) is 7.20. The van der Waals surface area contributed by atoms with Crippen molar-refractivity contribution in [1.29, 1.82) is 0 Å². The van der Waals surface area contributed by atoms with E-state index in [4.69, 9.17) is 0 Å². The maximum atomic E-state index is 3.88. The van der Waals surface area contributed by atoms with E-state index >= 15 is 0 Å². The molecule has 0 aliphatic carbocycles. The highest BCUT2D eigenvalue weighted by molar-refractivity contribution is 9.11. The highest BCUT2D eigenvalue weighted by Crippen LogP contribution is 2.42. The summed E-state index contributed by atoms with van der Waals surface area (Å²) in [4.78, 5) is 0. The molecule has 134 valence electrons. The van der Waals surface area contributed by atoms with Gasteiger partial charge in [0.25, 0.3) is 0 Å². The Kier molecular flexibility index (Phi) is 4.54. The molecule has 0 spiro atoms. The number of rotatable bonds is 2. The zero-order valence-electron chi connectivity index (χ0n) is 15.0. The first kappa shape index (κ1) is 17.7. The van der Waals surface area contributed by atoms with Crippen LogP contribution in [0.15, 0.2) is 106 Å². The van der Waals surface area contributed by atoms with Gasteiger partial charge < -0.3 is 0 Å². The third-order valence-electron chi connectivity index (χ3n) is 5.20. The van der Waals surface area contributed by atoms with Crippen molar-refractivity contribution in [1.82, 2.24) is 0 Å². The van der Waals surface area contributed by atoms with Gasteiger partial charge in [0.15, 0.2) is 0 Å². The van der Waals surface area contributed by atoms with Crippen LogP contribution in [-0.2, 0) is 0 Å². The van der Waals surface area contributed by atoms with Crippen LogP contribution in [0.1, 0.15) is 0 Å². The van der Waals surface area contributed by atoms with Gasteiger partial charge in [0.05, 0.1) is 0 Å². The lowest BCUT2D eigenvalue weighted by atomic mass is 9.96. The molecule has 0 nitrogen and oxygen atoms in total. The van der Waals surface area contributed by atoms with Gasteiger partial charge in [-0.3, -0.25) is 0 Å². The molecule has 0 aliphatic rings. The molecule has 5 rings (SSSR count). The molecule has 5 aromatic rings. The standard InChI is InChI=1S/C26H16Br2/c27-25-22-14-12-20(18-9-5-2-6-10-18)16-24(22)26(28)21-13-11-19(15-23(21)25)17-7-3-1-4-8-17/h1-16H. The van der Waals surface area contributed by atoms with Crippen molar-refractivity contribution in [3.63, 3.8) is 0 Å². The summed E-state index contributed by atoms with van der Waals surface area (Å²) in [5, 5.41) is 4.86. The highest BCUT2D eigenvalue weighted by atomic mass is 79.9. The molecule has 0 aliphatic heterocycles. The van der Waals surface area contributed by atoms with Crippen LogP contribution in [0.3, 0.4) is 0 Å². The second-order valence-corrected chi connectivity index (χ2v) is 8.47. The molecule has 0 amide bonds. The molecule has 2 heteroatoms. The fraction of sp³-hybridized carbons (Fsp3) is 0. The normalized spacial score (nSPS) is 11.2. The van der Waals surface area contributed by atoms with Crippen LogP contribution in [0.2, 0.25) is 0 Å². The van der Waals surface area contributed by atoms with Gasteiger partial charge in [0, 0.05) is 8.95 Å². The maximum absolute atomic E-state index is 3.88. The second-order valence-electron chi connectivity index (χ2n) is 6.88. The number of benzene rings is 5. The van der Waals surface area contributed by atoms with E-state index in [0.717, 1.165) is 8.95 Å². The lowest BCUT2D eigenvalue weighted by Crippen LogP contribution is -1.86. The predicted octanol–water partition coefficient (Wildman–Crippen LogP) is 8.85. The van der Waals surface area contributed by atoms with Crippen LogP contribution >= 0.6 is 31.9 Å².